The number of fused-ring (bicyclic) bond motifs is 1. The molecular formula is C21H20N6O3. The molecule has 4 rings (SSSR count). The Kier molecular flexibility index (Phi) is 5.25. The van der Waals surface area contributed by atoms with Gasteiger partial charge in [0.15, 0.2) is 5.69 Å². The van der Waals surface area contributed by atoms with Gasteiger partial charge in [-0.1, -0.05) is 30.3 Å². The molecule has 9 heteroatoms. The molecule has 0 fully saturated rings. The molecule has 0 unspecified atom stereocenters. The first-order valence-electron chi connectivity index (χ1n) is 9.37. The van der Waals surface area contributed by atoms with E-state index in [0.29, 0.717) is 23.0 Å². The molecule has 0 saturated carbocycles. The highest BCUT2D eigenvalue weighted by molar-refractivity contribution is 6.10. The molecule has 9 nitrogen and oxygen atoms in total. The van der Waals surface area contributed by atoms with Gasteiger partial charge in [-0.2, -0.15) is 10.1 Å². The number of hydrogen-bond acceptors (Lipinski definition) is 6. The van der Waals surface area contributed by atoms with Crippen LogP contribution in [0.2, 0.25) is 0 Å². The van der Waals surface area contributed by atoms with Crippen molar-refractivity contribution in [3.05, 3.63) is 76.0 Å². The summed E-state index contributed by atoms with van der Waals surface area (Å²) in [6.45, 7) is 0. The maximum absolute atomic E-state index is 12.7. The Morgan fingerprint density at radius 3 is 2.57 bits per heavy atom. The molecule has 0 bridgehead atoms. The van der Waals surface area contributed by atoms with Crippen LogP contribution in [0.15, 0.2) is 53.3 Å². The van der Waals surface area contributed by atoms with E-state index in [2.05, 4.69) is 25.6 Å². The monoisotopic (exact) mass is 404 g/mol. The highest BCUT2D eigenvalue weighted by Gasteiger charge is 2.17. The van der Waals surface area contributed by atoms with Crippen LogP contribution in [0.4, 0.5) is 5.95 Å². The number of benzene rings is 2. The first-order valence-corrected chi connectivity index (χ1v) is 9.37. The van der Waals surface area contributed by atoms with Gasteiger partial charge < -0.3 is 4.74 Å². The second-order valence-electron chi connectivity index (χ2n) is 6.73. The molecule has 0 aliphatic heterocycles. The average molecular weight is 404 g/mol. The SMILES string of the molecule is COc1ccc(CCc2nc(NC(=O)c3nn(C)c(=O)c4ccccc34)n[nH]2)cc1. The van der Waals surface area contributed by atoms with Gasteiger partial charge in [0.05, 0.1) is 12.5 Å². The minimum Gasteiger partial charge on any atom is -0.497 e. The van der Waals surface area contributed by atoms with Gasteiger partial charge in [0.25, 0.3) is 11.5 Å². The Hall–Kier alpha value is -4.01. The first kappa shape index (κ1) is 19.3. The van der Waals surface area contributed by atoms with Gasteiger partial charge in [-0.15, -0.1) is 5.10 Å². The second kappa shape index (κ2) is 8.16. The maximum Gasteiger partial charge on any atom is 0.279 e. The van der Waals surface area contributed by atoms with E-state index in [4.69, 9.17) is 4.74 Å². The van der Waals surface area contributed by atoms with Crippen LogP contribution in [0, 0.1) is 0 Å². The van der Waals surface area contributed by atoms with E-state index in [1.54, 1.807) is 31.4 Å². The number of anilines is 1. The summed E-state index contributed by atoms with van der Waals surface area (Å²) < 4.78 is 6.31. The number of hydrogen-bond donors (Lipinski definition) is 2. The molecule has 2 N–H and O–H groups in total. The first-order chi connectivity index (χ1) is 14.5. The van der Waals surface area contributed by atoms with Gasteiger partial charge in [-0.3, -0.25) is 20.0 Å². The zero-order valence-electron chi connectivity index (χ0n) is 16.5. The van der Waals surface area contributed by atoms with Crippen molar-refractivity contribution in [1.82, 2.24) is 25.0 Å². The van der Waals surface area contributed by atoms with Gasteiger partial charge in [-0.05, 0) is 30.2 Å². The lowest BCUT2D eigenvalue weighted by Gasteiger charge is -2.07. The summed E-state index contributed by atoms with van der Waals surface area (Å²) in [5.74, 6) is 1.13. The van der Waals surface area contributed by atoms with Crippen molar-refractivity contribution in [2.45, 2.75) is 12.8 Å². The number of aromatic amines is 1. The van der Waals surface area contributed by atoms with Crippen molar-refractivity contribution in [3.63, 3.8) is 0 Å². The predicted octanol–water partition coefficient (Wildman–Crippen LogP) is 2.10. The summed E-state index contributed by atoms with van der Waals surface area (Å²) in [4.78, 5) is 29.3. The molecule has 0 aliphatic rings. The third-order valence-electron chi connectivity index (χ3n) is 4.74. The van der Waals surface area contributed by atoms with Crippen LogP contribution in [0.5, 0.6) is 5.75 Å². The van der Waals surface area contributed by atoms with Crippen LogP contribution >= 0.6 is 0 Å². The lowest BCUT2D eigenvalue weighted by molar-refractivity contribution is 0.102. The van der Waals surface area contributed by atoms with Crippen molar-refractivity contribution < 1.29 is 9.53 Å². The zero-order valence-corrected chi connectivity index (χ0v) is 16.5. The molecule has 0 atom stereocenters. The highest BCUT2D eigenvalue weighted by Crippen LogP contribution is 2.15. The smallest absolute Gasteiger partial charge is 0.279 e. The van der Waals surface area contributed by atoms with E-state index < -0.39 is 5.91 Å². The number of amides is 1. The van der Waals surface area contributed by atoms with E-state index in [-0.39, 0.29) is 17.2 Å². The van der Waals surface area contributed by atoms with E-state index in [1.807, 2.05) is 24.3 Å². The number of rotatable bonds is 6. The Morgan fingerprint density at radius 1 is 1.10 bits per heavy atom. The van der Waals surface area contributed by atoms with Crippen molar-refractivity contribution in [3.8, 4) is 5.75 Å². The Morgan fingerprint density at radius 2 is 1.83 bits per heavy atom. The number of ether oxygens (including phenoxy) is 1. The van der Waals surface area contributed by atoms with Crippen molar-refractivity contribution in [2.75, 3.05) is 12.4 Å². The van der Waals surface area contributed by atoms with Gasteiger partial charge in [0.1, 0.15) is 11.6 Å². The van der Waals surface area contributed by atoms with E-state index in [9.17, 15) is 9.59 Å². The van der Waals surface area contributed by atoms with Gasteiger partial charge in [0.2, 0.25) is 5.95 Å². The average Bonchev–Trinajstić information content (AvgIpc) is 3.22. The van der Waals surface area contributed by atoms with Gasteiger partial charge >= 0.3 is 0 Å². The summed E-state index contributed by atoms with van der Waals surface area (Å²) in [5, 5.41) is 14.6. The van der Waals surface area contributed by atoms with Gasteiger partial charge in [0, 0.05) is 18.9 Å². The molecule has 1 amide bonds. The molecule has 0 aliphatic carbocycles. The number of H-pyrrole nitrogens is 1. The quantitative estimate of drug-likeness (QED) is 0.509. The molecule has 0 spiro atoms. The number of carbonyl (C=O) groups is 1. The Bertz CT molecular complexity index is 1260. The lowest BCUT2D eigenvalue weighted by Crippen LogP contribution is -2.25. The van der Waals surface area contributed by atoms with Gasteiger partial charge in [-0.25, -0.2) is 4.68 Å². The topological polar surface area (TPSA) is 115 Å². The van der Waals surface area contributed by atoms with Crippen molar-refractivity contribution >= 4 is 22.6 Å². The van der Waals surface area contributed by atoms with Crippen molar-refractivity contribution in [1.29, 1.82) is 0 Å². The largest absolute Gasteiger partial charge is 0.497 e. The Labute approximate surface area is 171 Å². The number of aryl methyl sites for hydroxylation is 3. The van der Waals surface area contributed by atoms with E-state index >= 15 is 0 Å². The summed E-state index contributed by atoms with van der Waals surface area (Å²) in [5.41, 5.74) is 1.01. The third-order valence-corrected chi connectivity index (χ3v) is 4.74. The summed E-state index contributed by atoms with van der Waals surface area (Å²) in [6.07, 6.45) is 1.40. The minimum absolute atomic E-state index is 0.136. The molecule has 2 heterocycles. The molecule has 2 aromatic carbocycles. The third kappa shape index (κ3) is 3.90. The summed E-state index contributed by atoms with van der Waals surface area (Å²) in [6, 6.07) is 14.7. The molecule has 30 heavy (non-hydrogen) atoms. The highest BCUT2D eigenvalue weighted by atomic mass is 16.5. The van der Waals surface area contributed by atoms with Crippen LogP contribution in [-0.2, 0) is 19.9 Å². The summed E-state index contributed by atoms with van der Waals surface area (Å²) in [7, 11) is 3.14. The van der Waals surface area contributed by atoms with E-state index in [0.717, 1.165) is 22.4 Å². The number of nitrogens with zero attached hydrogens (tertiary/aromatic N) is 4. The molecule has 4 aromatic rings. The zero-order chi connectivity index (χ0) is 21.1. The summed E-state index contributed by atoms with van der Waals surface area (Å²) >= 11 is 0. The molecule has 2 aromatic heterocycles. The normalized spacial score (nSPS) is 10.9. The number of methoxy groups -OCH3 is 1. The Balaban J connectivity index is 1.47. The van der Waals surface area contributed by atoms with Crippen LogP contribution < -0.4 is 15.6 Å². The van der Waals surface area contributed by atoms with Crippen LogP contribution in [0.1, 0.15) is 21.9 Å². The maximum atomic E-state index is 12.7. The molecular weight excluding hydrogens is 384 g/mol. The van der Waals surface area contributed by atoms with Crippen LogP contribution in [0.3, 0.4) is 0 Å². The van der Waals surface area contributed by atoms with Crippen molar-refractivity contribution in [2.24, 2.45) is 7.05 Å². The number of carbonyl (C=O) groups excluding carboxylic acids is 1. The number of aromatic nitrogens is 5. The molecule has 0 saturated heterocycles. The fourth-order valence-corrected chi connectivity index (χ4v) is 3.15. The molecule has 152 valence electrons. The van der Waals surface area contributed by atoms with E-state index in [1.165, 1.54) is 7.05 Å². The minimum atomic E-state index is -0.484. The lowest BCUT2D eigenvalue weighted by atomic mass is 10.1. The number of nitrogens with one attached hydrogen (secondary N) is 2. The van der Waals surface area contributed by atoms with Crippen LogP contribution in [-0.4, -0.2) is 38.0 Å². The predicted molar refractivity (Wildman–Crippen MR) is 112 cm³/mol. The fraction of sp³-hybridized carbons (Fsp3) is 0.190. The standard InChI is InChI=1S/C21H20N6O3/c1-27-20(29)16-6-4-3-5-15(16)18(26-27)19(28)23-21-22-17(24-25-21)12-9-13-7-10-14(30-2)11-8-13/h3-8,10-11H,9,12H2,1-2H3,(H2,22,23,24,25,28). The van der Waals surface area contributed by atoms with Crippen LogP contribution in [0.25, 0.3) is 10.8 Å². The molecule has 0 radical (unpaired) electrons. The second-order valence-corrected chi connectivity index (χ2v) is 6.73. The fourth-order valence-electron chi connectivity index (χ4n) is 3.15.